The second kappa shape index (κ2) is 9.26. The largest absolute Gasteiger partial charge is 0.454 e. The first-order valence-electron chi connectivity index (χ1n) is 10.2. The lowest BCUT2D eigenvalue weighted by Crippen LogP contribution is -2.23. The Labute approximate surface area is 180 Å². The molecule has 1 aromatic carbocycles. The summed E-state index contributed by atoms with van der Waals surface area (Å²) < 4.78 is 14.0. The first kappa shape index (κ1) is 22.4. The molecule has 0 bridgehead atoms. The minimum atomic E-state index is -0.614. The van der Waals surface area contributed by atoms with Crippen molar-refractivity contribution in [1.29, 1.82) is 0 Å². The number of ether oxygens (including phenoxy) is 2. The number of Topliss-reactive ketones (excluding diaryl/α,β-unsaturated/α-hetero) is 1. The van der Waals surface area contributed by atoms with Crippen LogP contribution in [0.25, 0.3) is 11.0 Å². The monoisotopic (exact) mass is 425 g/mol. The highest BCUT2D eigenvalue weighted by atomic mass is 16.5. The van der Waals surface area contributed by atoms with E-state index in [1.54, 1.807) is 42.9 Å². The van der Waals surface area contributed by atoms with Gasteiger partial charge in [-0.1, -0.05) is 0 Å². The topological polar surface area (TPSA) is 92.4 Å². The van der Waals surface area contributed by atoms with Crippen molar-refractivity contribution >= 4 is 22.8 Å². The van der Waals surface area contributed by atoms with Gasteiger partial charge in [0.1, 0.15) is 5.69 Å². The Morgan fingerprint density at radius 3 is 2.52 bits per heavy atom. The number of hydrogen-bond acceptors (Lipinski definition) is 6. The van der Waals surface area contributed by atoms with Crippen LogP contribution in [0.3, 0.4) is 0 Å². The lowest BCUT2D eigenvalue weighted by Gasteiger charge is -2.10. The first-order valence-corrected chi connectivity index (χ1v) is 10.2. The highest BCUT2D eigenvalue weighted by Crippen LogP contribution is 2.17. The normalized spacial score (nSPS) is 11.1. The smallest absolute Gasteiger partial charge is 0.338 e. The number of rotatable bonds is 8. The van der Waals surface area contributed by atoms with E-state index in [0.717, 1.165) is 11.4 Å². The number of carbonyl (C=O) groups excluding carboxylic acids is 2. The fraction of sp³-hybridized carbons (Fsp3) is 0.391. The molecule has 2 heterocycles. The molecule has 0 unspecified atom stereocenters. The molecule has 0 aliphatic rings. The SMILES string of the molecule is CCn1c(=O)c(C)nc2cc(C(=O)OCC(=O)c3cc(C)n(CCOC)c3C)ccc21. The van der Waals surface area contributed by atoms with Crippen LogP contribution in [0.4, 0.5) is 0 Å². The van der Waals surface area contributed by atoms with Crippen LogP contribution in [0.1, 0.15) is 44.7 Å². The van der Waals surface area contributed by atoms with Gasteiger partial charge in [-0.05, 0) is 52.0 Å². The van der Waals surface area contributed by atoms with Gasteiger partial charge in [0.15, 0.2) is 6.61 Å². The molecule has 3 aromatic rings. The lowest BCUT2D eigenvalue weighted by atomic mass is 10.1. The van der Waals surface area contributed by atoms with Gasteiger partial charge in [-0.2, -0.15) is 0 Å². The Balaban J connectivity index is 1.76. The van der Waals surface area contributed by atoms with Gasteiger partial charge >= 0.3 is 5.97 Å². The molecule has 0 aliphatic carbocycles. The zero-order valence-corrected chi connectivity index (χ0v) is 18.5. The zero-order chi connectivity index (χ0) is 22.7. The minimum absolute atomic E-state index is 0.154. The van der Waals surface area contributed by atoms with Crippen LogP contribution in [0.15, 0.2) is 29.1 Å². The van der Waals surface area contributed by atoms with Crippen molar-refractivity contribution in [3.63, 3.8) is 0 Å². The van der Waals surface area contributed by atoms with Crippen LogP contribution in [0, 0.1) is 20.8 Å². The summed E-state index contributed by atoms with van der Waals surface area (Å²) in [6, 6.07) is 6.63. The first-order chi connectivity index (χ1) is 14.8. The fourth-order valence-corrected chi connectivity index (χ4v) is 3.72. The molecule has 164 valence electrons. The molecule has 0 aliphatic heterocycles. The lowest BCUT2D eigenvalue weighted by molar-refractivity contribution is 0.0474. The van der Waals surface area contributed by atoms with Gasteiger partial charge in [0.05, 0.1) is 23.2 Å². The summed E-state index contributed by atoms with van der Waals surface area (Å²) >= 11 is 0. The van der Waals surface area contributed by atoms with Gasteiger partial charge in [-0.3, -0.25) is 9.59 Å². The Morgan fingerprint density at radius 1 is 1.10 bits per heavy atom. The van der Waals surface area contributed by atoms with E-state index in [4.69, 9.17) is 9.47 Å². The van der Waals surface area contributed by atoms with E-state index in [1.165, 1.54) is 0 Å². The average molecular weight is 425 g/mol. The standard InChI is InChI=1S/C23H27N3O5/c1-6-25-20-8-7-17(12-19(20)24-15(3)22(25)28)23(29)31-13-21(27)18-11-14(2)26(16(18)4)9-10-30-5/h7-8,11-12H,6,9-10,13H2,1-5H3. The number of carbonyl (C=O) groups is 2. The number of nitrogens with zero attached hydrogens (tertiary/aromatic N) is 3. The number of aryl methyl sites for hydroxylation is 3. The summed E-state index contributed by atoms with van der Waals surface area (Å²) in [6.07, 6.45) is 0. The number of fused-ring (bicyclic) bond motifs is 1. The molecule has 0 fully saturated rings. The van der Waals surface area contributed by atoms with Gasteiger partial charge < -0.3 is 18.6 Å². The van der Waals surface area contributed by atoms with E-state index >= 15 is 0 Å². The van der Waals surface area contributed by atoms with Crippen molar-refractivity contribution in [3.8, 4) is 0 Å². The number of methoxy groups -OCH3 is 1. The molecule has 31 heavy (non-hydrogen) atoms. The Bertz CT molecular complexity index is 1210. The summed E-state index contributed by atoms with van der Waals surface area (Å²) in [4.78, 5) is 41.7. The summed E-state index contributed by atoms with van der Waals surface area (Å²) in [5, 5.41) is 0. The van der Waals surface area contributed by atoms with Crippen LogP contribution < -0.4 is 5.56 Å². The second-order valence-electron chi connectivity index (χ2n) is 7.38. The molecule has 0 spiro atoms. The van der Waals surface area contributed by atoms with Crippen LogP contribution in [0.2, 0.25) is 0 Å². The van der Waals surface area contributed by atoms with Gasteiger partial charge in [-0.25, -0.2) is 9.78 Å². The van der Waals surface area contributed by atoms with Crippen LogP contribution in [0.5, 0.6) is 0 Å². The summed E-state index contributed by atoms with van der Waals surface area (Å²) in [7, 11) is 1.63. The van der Waals surface area contributed by atoms with E-state index in [0.29, 0.717) is 42.0 Å². The van der Waals surface area contributed by atoms with E-state index in [9.17, 15) is 14.4 Å². The molecule has 3 rings (SSSR count). The minimum Gasteiger partial charge on any atom is -0.454 e. The molecule has 0 amide bonds. The van der Waals surface area contributed by atoms with E-state index in [2.05, 4.69) is 4.98 Å². The van der Waals surface area contributed by atoms with E-state index in [-0.39, 0.29) is 23.5 Å². The number of hydrogen-bond donors (Lipinski definition) is 0. The maximum Gasteiger partial charge on any atom is 0.338 e. The number of benzene rings is 1. The number of ketones is 1. The highest BCUT2D eigenvalue weighted by molar-refractivity contribution is 6.01. The summed E-state index contributed by atoms with van der Waals surface area (Å²) in [6.45, 7) is 8.63. The van der Waals surface area contributed by atoms with Gasteiger partial charge in [0.2, 0.25) is 5.78 Å². The van der Waals surface area contributed by atoms with Gasteiger partial charge in [0.25, 0.3) is 5.56 Å². The number of esters is 1. The fourth-order valence-electron chi connectivity index (χ4n) is 3.72. The Morgan fingerprint density at radius 2 is 1.84 bits per heavy atom. The third kappa shape index (κ3) is 4.44. The van der Waals surface area contributed by atoms with Crippen molar-refractivity contribution in [2.75, 3.05) is 20.3 Å². The predicted octanol–water partition coefficient (Wildman–Crippen LogP) is 2.83. The van der Waals surface area contributed by atoms with E-state index in [1.807, 2.05) is 25.3 Å². The van der Waals surface area contributed by atoms with Crippen molar-refractivity contribution in [3.05, 3.63) is 62.8 Å². The van der Waals surface area contributed by atoms with E-state index < -0.39 is 5.97 Å². The molecule has 0 saturated carbocycles. The Kier molecular flexibility index (Phi) is 6.70. The zero-order valence-electron chi connectivity index (χ0n) is 18.5. The molecule has 0 saturated heterocycles. The van der Waals surface area contributed by atoms with Crippen LogP contribution in [-0.2, 0) is 22.6 Å². The molecular weight excluding hydrogens is 398 g/mol. The third-order valence-corrected chi connectivity index (χ3v) is 5.39. The van der Waals surface area contributed by atoms with Gasteiger partial charge in [-0.15, -0.1) is 0 Å². The molecule has 0 N–H and O–H groups in total. The maximum absolute atomic E-state index is 12.6. The molecule has 2 aromatic heterocycles. The van der Waals surface area contributed by atoms with Crippen molar-refractivity contribution < 1.29 is 19.1 Å². The summed E-state index contributed by atoms with van der Waals surface area (Å²) in [5.41, 5.74) is 3.96. The summed E-state index contributed by atoms with van der Waals surface area (Å²) in [5.74, 6) is -0.878. The van der Waals surface area contributed by atoms with Crippen LogP contribution in [-0.4, -0.2) is 46.2 Å². The Hall–Kier alpha value is -3.26. The molecule has 8 nitrogen and oxygen atoms in total. The van der Waals surface area contributed by atoms with Crippen molar-refractivity contribution in [2.45, 2.75) is 40.8 Å². The van der Waals surface area contributed by atoms with Crippen molar-refractivity contribution in [1.82, 2.24) is 14.1 Å². The maximum atomic E-state index is 12.6. The average Bonchev–Trinajstić information content (AvgIpc) is 3.04. The predicted molar refractivity (Wildman–Crippen MR) is 117 cm³/mol. The number of aromatic nitrogens is 3. The molecular formula is C23H27N3O5. The van der Waals surface area contributed by atoms with Crippen molar-refractivity contribution in [2.24, 2.45) is 0 Å². The quantitative estimate of drug-likeness (QED) is 0.407. The van der Waals surface area contributed by atoms with Gasteiger partial charge in [0, 0.05) is 37.2 Å². The molecule has 0 radical (unpaired) electrons. The molecule has 8 heteroatoms. The molecule has 0 atom stereocenters. The van der Waals surface area contributed by atoms with Crippen LogP contribution >= 0.6 is 0 Å². The second-order valence-corrected chi connectivity index (χ2v) is 7.38. The highest BCUT2D eigenvalue weighted by Gasteiger charge is 2.18. The third-order valence-electron chi connectivity index (χ3n) is 5.39.